The SMILES string of the molecule is COc1ccc(-n2c(-c3ccccc3)cn3c4c(=O)n([C@H](C)C(C)=O)c(=O)n(C)c4nc23)cc1. The summed E-state index contributed by atoms with van der Waals surface area (Å²) in [6.45, 7) is 2.91. The maximum atomic E-state index is 13.5. The van der Waals surface area contributed by atoms with Crippen molar-refractivity contribution in [2.24, 2.45) is 7.05 Å². The number of carbonyl (C=O) groups excluding carboxylic acids is 1. The minimum Gasteiger partial charge on any atom is -0.497 e. The van der Waals surface area contributed by atoms with Crippen LogP contribution in [0.25, 0.3) is 33.9 Å². The maximum Gasteiger partial charge on any atom is 0.333 e. The van der Waals surface area contributed by atoms with Gasteiger partial charge in [0.1, 0.15) is 5.75 Å². The van der Waals surface area contributed by atoms with Gasteiger partial charge in [0.25, 0.3) is 5.56 Å². The normalized spacial score (nSPS) is 12.4. The second-order valence-electron chi connectivity index (χ2n) is 8.17. The number of nitrogens with zero attached hydrogens (tertiary/aromatic N) is 5. The van der Waals surface area contributed by atoms with Gasteiger partial charge in [-0.3, -0.25) is 23.1 Å². The Balaban J connectivity index is 1.92. The summed E-state index contributed by atoms with van der Waals surface area (Å²) in [5.41, 5.74) is 1.90. The first-order valence-corrected chi connectivity index (χ1v) is 10.8. The molecule has 0 saturated carbocycles. The molecule has 0 bridgehead atoms. The number of hydrogen-bond acceptors (Lipinski definition) is 5. The van der Waals surface area contributed by atoms with E-state index in [2.05, 4.69) is 0 Å². The first-order valence-electron chi connectivity index (χ1n) is 10.8. The van der Waals surface area contributed by atoms with Gasteiger partial charge < -0.3 is 4.74 Å². The summed E-state index contributed by atoms with van der Waals surface area (Å²) in [5, 5.41) is 0. The number of rotatable bonds is 5. The molecule has 1 atom stereocenters. The van der Waals surface area contributed by atoms with Crippen LogP contribution in [-0.2, 0) is 11.8 Å². The van der Waals surface area contributed by atoms with Crippen molar-refractivity contribution in [2.45, 2.75) is 19.9 Å². The van der Waals surface area contributed by atoms with Gasteiger partial charge in [0.15, 0.2) is 16.9 Å². The number of carbonyl (C=O) groups is 1. The van der Waals surface area contributed by atoms with E-state index in [1.165, 1.54) is 11.5 Å². The smallest absolute Gasteiger partial charge is 0.333 e. The lowest BCUT2D eigenvalue weighted by Gasteiger charge is -2.12. The average molecular weight is 457 g/mol. The third kappa shape index (κ3) is 3.08. The van der Waals surface area contributed by atoms with Crippen LogP contribution in [0.2, 0.25) is 0 Å². The molecule has 34 heavy (non-hydrogen) atoms. The van der Waals surface area contributed by atoms with Crippen molar-refractivity contribution in [1.82, 2.24) is 23.1 Å². The van der Waals surface area contributed by atoms with E-state index in [0.717, 1.165) is 21.5 Å². The van der Waals surface area contributed by atoms with Crippen LogP contribution >= 0.6 is 0 Å². The Morgan fingerprint density at radius 2 is 1.71 bits per heavy atom. The molecule has 0 aliphatic rings. The highest BCUT2D eigenvalue weighted by Crippen LogP contribution is 2.29. The molecule has 0 radical (unpaired) electrons. The Morgan fingerprint density at radius 1 is 1.03 bits per heavy atom. The third-order valence-corrected chi connectivity index (χ3v) is 6.17. The number of benzene rings is 2. The fourth-order valence-electron chi connectivity index (χ4n) is 4.18. The molecule has 3 aromatic heterocycles. The zero-order valence-corrected chi connectivity index (χ0v) is 19.2. The number of aryl methyl sites for hydroxylation is 1. The molecule has 5 aromatic rings. The number of imidazole rings is 2. The van der Waals surface area contributed by atoms with Gasteiger partial charge in [-0.25, -0.2) is 9.36 Å². The van der Waals surface area contributed by atoms with Crippen LogP contribution in [0.4, 0.5) is 0 Å². The predicted octanol–water partition coefficient (Wildman–Crippen LogP) is 2.96. The lowest BCUT2D eigenvalue weighted by atomic mass is 10.1. The lowest BCUT2D eigenvalue weighted by molar-refractivity contribution is -0.119. The van der Waals surface area contributed by atoms with Gasteiger partial charge in [-0.2, -0.15) is 4.98 Å². The second-order valence-corrected chi connectivity index (χ2v) is 8.17. The average Bonchev–Trinajstić information content (AvgIpc) is 3.40. The number of Topliss-reactive ketones (excluding diaryl/α,β-unsaturated/α-hetero) is 1. The molecular formula is C25H23N5O4. The van der Waals surface area contributed by atoms with Gasteiger partial charge in [0.05, 0.1) is 18.8 Å². The van der Waals surface area contributed by atoms with E-state index in [1.54, 1.807) is 25.5 Å². The molecule has 0 fully saturated rings. The minimum absolute atomic E-state index is 0.231. The number of ether oxygens (including phenoxy) is 1. The molecule has 9 heteroatoms. The van der Waals surface area contributed by atoms with E-state index in [0.29, 0.717) is 11.5 Å². The quantitative estimate of drug-likeness (QED) is 0.405. The number of ketones is 1. The largest absolute Gasteiger partial charge is 0.497 e. The number of fused-ring (bicyclic) bond motifs is 3. The molecule has 0 saturated heterocycles. The molecule has 0 aliphatic carbocycles. The van der Waals surface area contributed by atoms with Gasteiger partial charge in [-0.15, -0.1) is 0 Å². The molecule has 5 rings (SSSR count). The predicted molar refractivity (Wildman–Crippen MR) is 129 cm³/mol. The van der Waals surface area contributed by atoms with E-state index in [1.807, 2.05) is 65.4 Å². The van der Waals surface area contributed by atoms with Gasteiger partial charge >= 0.3 is 5.69 Å². The van der Waals surface area contributed by atoms with Crippen molar-refractivity contribution in [3.63, 3.8) is 0 Å². The van der Waals surface area contributed by atoms with Crippen molar-refractivity contribution < 1.29 is 9.53 Å². The monoisotopic (exact) mass is 457 g/mol. The molecule has 9 nitrogen and oxygen atoms in total. The highest BCUT2D eigenvalue weighted by molar-refractivity contribution is 5.82. The molecule has 172 valence electrons. The van der Waals surface area contributed by atoms with Crippen molar-refractivity contribution in [2.75, 3.05) is 7.11 Å². The molecule has 0 aliphatic heterocycles. The van der Waals surface area contributed by atoms with Crippen LogP contribution < -0.4 is 16.0 Å². The summed E-state index contributed by atoms with van der Waals surface area (Å²) in [4.78, 5) is 43.2. The van der Waals surface area contributed by atoms with Crippen molar-refractivity contribution in [3.8, 4) is 22.7 Å². The fourth-order valence-corrected chi connectivity index (χ4v) is 4.18. The van der Waals surface area contributed by atoms with Crippen LogP contribution in [0, 0.1) is 0 Å². The van der Waals surface area contributed by atoms with Crippen LogP contribution in [0.3, 0.4) is 0 Å². The Labute approximate surface area is 194 Å². The van der Waals surface area contributed by atoms with E-state index < -0.39 is 17.3 Å². The molecule has 0 unspecified atom stereocenters. The molecule has 0 N–H and O–H groups in total. The van der Waals surface area contributed by atoms with E-state index in [-0.39, 0.29) is 16.9 Å². The topological polar surface area (TPSA) is 92.5 Å². The van der Waals surface area contributed by atoms with E-state index in [4.69, 9.17) is 9.72 Å². The van der Waals surface area contributed by atoms with Gasteiger partial charge in [0.2, 0.25) is 5.78 Å². The summed E-state index contributed by atoms with van der Waals surface area (Å²) in [6, 6.07) is 16.4. The summed E-state index contributed by atoms with van der Waals surface area (Å²) in [6.07, 6.45) is 1.83. The minimum atomic E-state index is -0.890. The third-order valence-electron chi connectivity index (χ3n) is 6.17. The molecule has 2 aromatic carbocycles. The van der Waals surface area contributed by atoms with Crippen molar-refractivity contribution in [1.29, 1.82) is 0 Å². The van der Waals surface area contributed by atoms with Crippen LogP contribution in [0.5, 0.6) is 5.75 Å². The van der Waals surface area contributed by atoms with Crippen LogP contribution in [0.1, 0.15) is 19.9 Å². The number of aromatic nitrogens is 5. The van der Waals surface area contributed by atoms with E-state index >= 15 is 0 Å². The Morgan fingerprint density at radius 3 is 2.32 bits per heavy atom. The molecular weight excluding hydrogens is 434 g/mol. The standard InChI is InChI=1S/C25H23N5O4/c1-15(16(2)31)29-23(32)21-22(27(3)25(29)33)26-24-28(21)14-20(17-8-6-5-7-9-17)30(24)18-10-12-19(34-4)13-11-18/h5-15H,1-4H3/t15-/m1/s1. The summed E-state index contributed by atoms with van der Waals surface area (Å²) < 4.78 is 11.2. The lowest BCUT2D eigenvalue weighted by Crippen LogP contribution is -2.42. The van der Waals surface area contributed by atoms with Crippen molar-refractivity contribution in [3.05, 3.63) is 81.6 Å². The summed E-state index contributed by atoms with van der Waals surface area (Å²) in [7, 11) is 3.16. The number of methoxy groups -OCH3 is 1. The molecule has 0 spiro atoms. The first kappa shape index (κ1) is 21.4. The highest BCUT2D eigenvalue weighted by Gasteiger charge is 2.25. The first-order chi connectivity index (χ1) is 16.3. The molecule has 3 heterocycles. The van der Waals surface area contributed by atoms with E-state index in [9.17, 15) is 14.4 Å². The van der Waals surface area contributed by atoms with Gasteiger partial charge in [-0.05, 0) is 38.1 Å². The maximum absolute atomic E-state index is 13.5. The summed E-state index contributed by atoms with van der Waals surface area (Å²) >= 11 is 0. The second kappa shape index (κ2) is 7.87. The van der Waals surface area contributed by atoms with Crippen molar-refractivity contribution >= 4 is 22.7 Å². The Hall–Kier alpha value is -4.40. The van der Waals surface area contributed by atoms with Crippen LogP contribution in [-0.4, -0.2) is 36.0 Å². The zero-order valence-electron chi connectivity index (χ0n) is 19.2. The van der Waals surface area contributed by atoms with Gasteiger partial charge in [-0.1, -0.05) is 30.3 Å². The Kier molecular flexibility index (Phi) is 4.97. The fraction of sp³-hybridized carbons (Fsp3) is 0.200. The Bertz CT molecular complexity index is 1670. The van der Waals surface area contributed by atoms with Gasteiger partial charge in [0, 0.05) is 24.5 Å². The van der Waals surface area contributed by atoms with Crippen LogP contribution in [0.15, 0.2) is 70.4 Å². The molecule has 0 amide bonds. The highest BCUT2D eigenvalue weighted by atomic mass is 16.5. The summed E-state index contributed by atoms with van der Waals surface area (Å²) in [5.74, 6) is 0.907. The zero-order chi connectivity index (χ0) is 24.1. The number of hydrogen-bond donors (Lipinski definition) is 0.